The summed E-state index contributed by atoms with van der Waals surface area (Å²) in [5.41, 5.74) is 2.02. The summed E-state index contributed by atoms with van der Waals surface area (Å²) in [5.74, 6) is 1.45. The van der Waals surface area contributed by atoms with Crippen molar-refractivity contribution in [2.24, 2.45) is 0 Å². The molecule has 4 nitrogen and oxygen atoms in total. The minimum Gasteiger partial charge on any atom is -0.491 e. The largest absolute Gasteiger partial charge is 0.491 e. The molecule has 0 saturated carbocycles. The highest BCUT2D eigenvalue weighted by molar-refractivity contribution is 5.81. The summed E-state index contributed by atoms with van der Waals surface area (Å²) < 4.78 is 11.6. The number of carbonyl (C=O) groups is 1. The van der Waals surface area contributed by atoms with Crippen LogP contribution < -0.4 is 14.8 Å². The highest BCUT2D eigenvalue weighted by Gasteiger charge is 2.18. The predicted molar refractivity (Wildman–Crippen MR) is 99.9 cm³/mol. The van der Waals surface area contributed by atoms with Crippen molar-refractivity contribution in [3.63, 3.8) is 0 Å². The van der Waals surface area contributed by atoms with Crippen LogP contribution in [0.4, 0.5) is 0 Å². The fourth-order valence-electron chi connectivity index (χ4n) is 2.47. The topological polar surface area (TPSA) is 47.6 Å². The number of carbonyl (C=O) groups excluding carboxylic acids is 1. The SMILES string of the molecule is CC[C@H](Oc1ccccc1C)C(=O)NCc1cccc(OC(C)C)c1. The number of benzene rings is 2. The minimum atomic E-state index is -0.504. The highest BCUT2D eigenvalue weighted by atomic mass is 16.5. The van der Waals surface area contributed by atoms with Crippen LogP contribution in [0, 0.1) is 6.92 Å². The van der Waals surface area contributed by atoms with Crippen LogP contribution in [-0.2, 0) is 11.3 Å². The number of hydrogen-bond acceptors (Lipinski definition) is 3. The van der Waals surface area contributed by atoms with E-state index in [1.54, 1.807) is 0 Å². The molecule has 2 rings (SSSR count). The Morgan fingerprint density at radius 1 is 1.08 bits per heavy atom. The molecule has 1 atom stereocenters. The Labute approximate surface area is 150 Å². The summed E-state index contributed by atoms with van der Waals surface area (Å²) in [6.45, 7) is 8.34. The summed E-state index contributed by atoms with van der Waals surface area (Å²) in [5, 5.41) is 2.95. The van der Waals surface area contributed by atoms with Gasteiger partial charge in [0.15, 0.2) is 6.10 Å². The quantitative estimate of drug-likeness (QED) is 0.780. The first-order valence-electron chi connectivity index (χ1n) is 8.75. The molecule has 0 radical (unpaired) electrons. The van der Waals surface area contributed by atoms with Gasteiger partial charge in [-0.3, -0.25) is 4.79 Å². The van der Waals surface area contributed by atoms with Gasteiger partial charge < -0.3 is 14.8 Å². The first-order valence-corrected chi connectivity index (χ1v) is 8.75. The van der Waals surface area contributed by atoms with E-state index in [0.717, 1.165) is 22.6 Å². The Hall–Kier alpha value is -2.49. The molecular weight excluding hydrogens is 314 g/mol. The number of rotatable bonds is 8. The molecule has 0 bridgehead atoms. The van der Waals surface area contributed by atoms with Crippen LogP contribution in [0.2, 0.25) is 0 Å². The minimum absolute atomic E-state index is 0.110. The number of ether oxygens (including phenoxy) is 2. The third-order valence-electron chi connectivity index (χ3n) is 3.76. The van der Waals surface area contributed by atoms with E-state index in [4.69, 9.17) is 9.47 Å². The van der Waals surface area contributed by atoms with Gasteiger partial charge in [0.25, 0.3) is 5.91 Å². The predicted octanol–water partition coefficient (Wildman–Crippen LogP) is 4.26. The molecule has 0 aliphatic rings. The van der Waals surface area contributed by atoms with Gasteiger partial charge in [0, 0.05) is 6.54 Å². The van der Waals surface area contributed by atoms with Crippen molar-refractivity contribution in [2.45, 2.75) is 52.9 Å². The number of para-hydroxylation sites is 1. The third kappa shape index (κ3) is 5.82. The molecule has 134 valence electrons. The van der Waals surface area contributed by atoms with E-state index in [0.29, 0.717) is 13.0 Å². The lowest BCUT2D eigenvalue weighted by Gasteiger charge is -2.18. The lowest BCUT2D eigenvalue weighted by Crippen LogP contribution is -2.37. The second-order valence-corrected chi connectivity index (χ2v) is 6.31. The lowest BCUT2D eigenvalue weighted by atomic mass is 10.2. The van der Waals surface area contributed by atoms with Crippen LogP contribution in [0.15, 0.2) is 48.5 Å². The van der Waals surface area contributed by atoms with Crippen LogP contribution in [0.5, 0.6) is 11.5 Å². The molecule has 0 aliphatic carbocycles. The van der Waals surface area contributed by atoms with Gasteiger partial charge in [-0.05, 0) is 56.5 Å². The van der Waals surface area contributed by atoms with E-state index < -0.39 is 6.10 Å². The van der Waals surface area contributed by atoms with Gasteiger partial charge in [0.05, 0.1) is 6.10 Å². The molecule has 0 aromatic heterocycles. The standard InChI is InChI=1S/C21H27NO3/c1-5-19(25-20-12-7-6-9-16(20)4)21(23)22-14-17-10-8-11-18(13-17)24-15(2)3/h6-13,15,19H,5,14H2,1-4H3,(H,22,23)/t19-/m0/s1. The molecule has 2 aromatic rings. The molecule has 25 heavy (non-hydrogen) atoms. The molecule has 0 spiro atoms. The number of aryl methyl sites for hydroxylation is 1. The lowest BCUT2D eigenvalue weighted by molar-refractivity contribution is -0.128. The molecule has 0 aliphatic heterocycles. The van der Waals surface area contributed by atoms with Gasteiger partial charge in [0.1, 0.15) is 11.5 Å². The van der Waals surface area contributed by atoms with E-state index >= 15 is 0 Å². The molecule has 1 N–H and O–H groups in total. The smallest absolute Gasteiger partial charge is 0.261 e. The maximum absolute atomic E-state index is 12.5. The van der Waals surface area contributed by atoms with E-state index in [1.807, 2.05) is 76.2 Å². The van der Waals surface area contributed by atoms with Gasteiger partial charge in [0.2, 0.25) is 0 Å². The van der Waals surface area contributed by atoms with Crippen LogP contribution in [0.3, 0.4) is 0 Å². The number of hydrogen-bond donors (Lipinski definition) is 1. The van der Waals surface area contributed by atoms with E-state index in [1.165, 1.54) is 0 Å². The second-order valence-electron chi connectivity index (χ2n) is 6.31. The molecule has 0 unspecified atom stereocenters. The van der Waals surface area contributed by atoms with Crippen LogP contribution in [-0.4, -0.2) is 18.1 Å². The first kappa shape index (κ1) is 18.8. The van der Waals surface area contributed by atoms with Crippen molar-refractivity contribution in [2.75, 3.05) is 0 Å². The molecule has 1 amide bonds. The Balaban J connectivity index is 1.95. The van der Waals surface area contributed by atoms with E-state index in [9.17, 15) is 4.79 Å². The monoisotopic (exact) mass is 341 g/mol. The zero-order valence-electron chi connectivity index (χ0n) is 15.4. The molecule has 0 heterocycles. The summed E-state index contributed by atoms with van der Waals surface area (Å²) in [6, 6.07) is 15.5. The second kappa shape index (κ2) is 9.11. The van der Waals surface area contributed by atoms with Gasteiger partial charge in [-0.2, -0.15) is 0 Å². The Kier molecular flexibility index (Phi) is 6.87. The summed E-state index contributed by atoms with van der Waals surface area (Å²) in [7, 11) is 0. The van der Waals surface area contributed by atoms with Crippen molar-refractivity contribution in [3.8, 4) is 11.5 Å². The summed E-state index contributed by atoms with van der Waals surface area (Å²) >= 11 is 0. The maximum atomic E-state index is 12.5. The van der Waals surface area contributed by atoms with E-state index in [-0.39, 0.29) is 12.0 Å². The van der Waals surface area contributed by atoms with Crippen molar-refractivity contribution in [1.29, 1.82) is 0 Å². The normalized spacial score (nSPS) is 11.9. The zero-order valence-corrected chi connectivity index (χ0v) is 15.4. The number of nitrogens with one attached hydrogen (secondary N) is 1. The van der Waals surface area contributed by atoms with Gasteiger partial charge >= 0.3 is 0 Å². The average molecular weight is 341 g/mol. The van der Waals surface area contributed by atoms with Crippen molar-refractivity contribution < 1.29 is 14.3 Å². The number of amides is 1. The van der Waals surface area contributed by atoms with Crippen molar-refractivity contribution in [1.82, 2.24) is 5.32 Å². The van der Waals surface area contributed by atoms with E-state index in [2.05, 4.69) is 5.32 Å². The van der Waals surface area contributed by atoms with Crippen LogP contribution in [0.1, 0.15) is 38.3 Å². The van der Waals surface area contributed by atoms with Gasteiger partial charge in [-0.1, -0.05) is 37.3 Å². The van der Waals surface area contributed by atoms with Gasteiger partial charge in [-0.15, -0.1) is 0 Å². The van der Waals surface area contributed by atoms with Gasteiger partial charge in [-0.25, -0.2) is 0 Å². The van der Waals surface area contributed by atoms with Crippen molar-refractivity contribution in [3.05, 3.63) is 59.7 Å². The maximum Gasteiger partial charge on any atom is 0.261 e. The summed E-state index contributed by atoms with van der Waals surface area (Å²) in [6.07, 6.45) is 0.226. The average Bonchev–Trinajstić information content (AvgIpc) is 2.59. The Morgan fingerprint density at radius 3 is 2.52 bits per heavy atom. The molecule has 4 heteroatoms. The van der Waals surface area contributed by atoms with Crippen LogP contribution >= 0.6 is 0 Å². The van der Waals surface area contributed by atoms with Crippen LogP contribution in [0.25, 0.3) is 0 Å². The molecule has 0 fully saturated rings. The molecule has 2 aromatic carbocycles. The fraction of sp³-hybridized carbons (Fsp3) is 0.381. The fourth-order valence-corrected chi connectivity index (χ4v) is 2.47. The van der Waals surface area contributed by atoms with Crippen molar-refractivity contribution >= 4 is 5.91 Å². The molecular formula is C21H27NO3. The Bertz CT molecular complexity index is 697. The summed E-state index contributed by atoms with van der Waals surface area (Å²) in [4.78, 5) is 12.5. The highest BCUT2D eigenvalue weighted by Crippen LogP contribution is 2.19. The zero-order chi connectivity index (χ0) is 18.2. The molecule has 0 saturated heterocycles. The third-order valence-corrected chi connectivity index (χ3v) is 3.76. The Morgan fingerprint density at radius 2 is 1.84 bits per heavy atom. The first-order chi connectivity index (χ1) is 12.0.